The Morgan fingerprint density at radius 1 is 1.08 bits per heavy atom. The molecule has 0 heterocycles. The van der Waals surface area contributed by atoms with Crippen molar-refractivity contribution in [1.82, 2.24) is 0 Å². The van der Waals surface area contributed by atoms with Crippen molar-refractivity contribution in [2.75, 3.05) is 0 Å². The molecule has 1 aliphatic rings. The van der Waals surface area contributed by atoms with Gasteiger partial charge in [0.25, 0.3) is 0 Å². The maximum Gasteiger partial charge on any atom is 0.328 e. The van der Waals surface area contributed by atoms with Gasteiger partial charge >= 0.3 is 5.97 Å². The first-order valence-electron chi connectivity index (χ1n) is 10.3. The summed E-state index contributed by atoms with van der Waals surface area (Å²) in [5.74, 6) is 0.826. The summed E-state index contributed by atoms with van der Waals surface area (Å²) in [5.41, 5.74) is 2.87. The molecule has 1 aromatic carbocycles. The van der Waals surface area contributed by atoms with Crippen LogP contribution in [-0.2, 0) is 11.2 Å². The van der Waals surface area contributed by atoms with Crippen molar-refractivity contribution in [2.24, 2.45) is 5.92 Å². The van der Waals surface area contributed by atoms with Crippen molar-refractivity contribution >= 4 is 5.97 Å². The third-order valence-electron chi connectivity index (χ3n) is 5.60. The van der Waals surface area contributed by atoms with Gasteiger partial charge in [-0.05, 0) is 61.5 Å². The van der Waals surface area contributed by atoms with Gasteiger partial charge in [0.05, 0.1) is 0 Å². The van der Waals surface area contributed by atoms with Crippen LogP contribution in [0.15, 0.2) is 48.6 Å². The third kappa shape index (κ3) is 7.59. The van der Waals surface area contributed by atoms with E-state index in [0.29, 0.717) is 0 Å². The molecule has 0 spiro atoms. The lowest BCUT2D eigenvalue weighted by molar-refractivity contribution is -0.131. The minimum atomic E-state index is -0.903. The summed E-state index contributed by atoms with van der Waals surface area (Å²) in [5, 5.41) is 8.52. The largest absolute Gasteiger partial charge is 0.478 e. The topological polar surface area (TPSA) is 37.3 Å². The van der Waals surface area contributed by atoms with Crippen LogP contribution in [0.1, 0.15) is 81.8 Å². The van der Waals surface area contributed by atoms with Gasteiger partial charge in [-0.15, -0.1) is 0 Å². The number of aryl methyl sites for hydroxylation is 1. The van der Waals surface area contributed by atoms with E-state index in [0.717, 1.165) is 30.8 Å². The van der Waals surface area contributed by atoms with Crippen molar-refractivity contribution in [3.63, 3.8) is 0 Å². The van der Waals surface area contributed by atoms with Crippen molar-refractivity contribution in [1.29, 1.82) is 0 Å². The molecule has 2 rings (SSSR count). The van der Waals surface area contributed by atoms with E-state index in [9.17, 15) is 4.79 Å². The molecule has 1 saturated carbocycles. The molecule has 0 aromatic heterocycles. The predicted molar refractivity (Wildman–Crippen MR) is 110 cm³/mol. The molecular weight excluding hydrogens is 320 g/mol. The second-order valence-electron chi connectivity index (χ2n) is 7.62. The van der Waals surface area contributed by atoms with E-state index in [1.807, 2.05) is 6.08 Å². The molecule has 26 heavy (non-hydrogen) atoms. The van der Waals surface area contributed by atoms with Crippen LogP contribution in [-0.4, -0.2) is 11.1 Å². The van der Waals surface area contributed by atoms with E-state index in [-0.39, 0.29) is 0 Å². The van der Waals surface area contributed by atoms with Crippen LogP contribution in [0.4, 0.5) is 0 Å². The quantitative estimate of drug-likeness (QED) is 0.289. The predicted octanol–water partition coefficient (Wildman–Crippen LogP) is 6.67. The van der Waals surface area contributed by atoms with Gasteiger partial charge in [0, 0.05) is 6.08 Å². The average Bonchev–Trinajstić information content (AvgIpc) is 2.66. The van der Waals surface area contributed by atoms with Crippen LogP contribution in [0.5, 0.6) is 0 Å². The molecular formula is C24H34O2. The highest BCUT2D eigenvalue weighted by molar-refractivity contribution is 5.80. The number of aliphatic carboxylic acids is 1. The summed E-state index contributed by atoms with van der Waals surface area (Å²) in [7, 11) is 0. The molecule has 0 atom stereocenters. The number of unbranched alkanes of at least 4 members (excludes halogenated alkanes) is 2. The zero-order valence-corrected chi connectivity index (χ0v) is 16.2. The Bertz CT molecular complexity index is 575. The number of hydrogen-bond donors (Lipinski definition) is 1. The van der Waals surface area contributed by atoms with E-state index < -0.39 is 5.97 Å². The molecule has 0 amide bonds. The van der Waals surface area contributed by atoms with E-state index in [4.69, 9.17) is 5.11 Å². The summed E-state index contributed by atoms with van der Waals surface area (Å²) in [6.07, 6.45) is 19.6. The second kappa shape index (κ2) is 11.7. The average molecular weight is 355 g/mol. The van der Waals surface area contributed by atoms with Gasteiger partial charge in [0.1, 0.15) is 0 Å². The maximum atomic E-state index is 10.4. The van der Waals surface area contributed by atoms with Gasteiger partial charge in [0.15, 0.2) is 0 Å². The van der Waals surface area contributed by atoms with Crippen LogP contribution in [0.2, 0.25) is 0 Å². The highest BCUT2D eigenvalue weighted by atomic mass is 16.4. The van der Waals surface area contributed by atoms with Crippen molar-refractivity contribution < 1.29 is 9.90 Å². The number of hydrogen-bond acceptors (Lipinski definition) is 1. The Balaban J connectivity index is 1.71. The minimum Gasteiger partial charge on any atom is -0.478 e. The van der Waals surface area contributed by atoms with Crippen molar-refractivity contribution in [3.05, 3.63) is 59.7 Å². The Hall–Kier alpha value is -1.83. The van der Waals surface area contributed by atoms with Gasteiger partial charge < -0.3 is 5.11 Å². The molecule has 1 aromatic rings. The maximum absolute atomic E-state index is 10.4. The van der Waals surface area contributed by atoms with Crippen LogP contribution in [0.3, 0.4) is 0 Å². The molecule has 0 radical (unpaired) electrons. The summed E-state index contributed by atoms with van der Waals surface area (Å²) >= 11 is 0. The fraction of sp³-hybridized carbons (Fsp3) is 0.542. The Kier molecular flexibility index (Phi) is 9.23. The summed E-state index contributed by atoms with van der Waals surface area (Å²) in [6, 6.07) is 9.18. The van der Waals surface area contributed by atoms with Crippen molar-refractivity contribution in [3.8, 4) is 0 Å². The van der Waals surface area contributed by atoms with Crippen LogP contribution < -0.4 is 0 Å². The Labute approximate surface area is 159 Å². The number of benzene rings is 1. The SMILES string of the molecule is CCCCC[C@H]1CC[C@H](c2ccc(CC/C=C/C=C/C(=O)O)cc2)CC1. The molecule has 142 valence electrons. The van der Waals surface area contributed by atoms with Gasteiger partial charge in [-0.2, -0.15) is 0 Å². The molecule has 2 heteroatoms. The first-order chi connectivity index (χ1) is 12.7. The zero-order chi connectivity index (χ0) is 18.6. The lowest BCUT2D eigenvalue weighted by Crippen LogP contribution is -2.13. The van der Waals surface area contributed by atoms with Crippen LogP contribution >= 0.6 is 0 Å². The number of rotatable bonds is 10. The first-order valence-corrected chi connectivity index (χ1v) is 10.3. The van der Waals surface area contributed by atoms with Crippen LogP contribution in [0.25, 0.3) is 0 Å². The second-order valence-corrected chi connectivity index (χ2v) is 7.62. The van der Waals surface area contributed by atoms with E-state index in [2.05, 4.69) is 31.2 Å². The van der Waals surface area contributed by atoms with E-state index in [1.54, 1.807) is 12.2 Å². The van der Waals surface area contributed by atoms with Gasteiger partial charge in [0.2, 0.25) is 0 Å². The lowest BCUT2D eigenvalue weighted by atomic mass is 9.77. The third-order valence-corrected chi connectivity index (χ3v) is 5.60. The molecule has 0 aliphatic heterocycles. The fourth-order valence-corrected chi connectivity index (χ4v) is 3.99. The number of carbonyl (C=O) groups is 1. The molecule has 1 aliphatic carbocycles. The van der Waals surface area contributed by atoms with Gasteiger partial charge in [-0.25, -0.2) is 4.79 Å². The molecule has 0 unspecified atom stereocenters. The Morgan fingerprint density at radius 2 is 1.81 bits per heavy atom. The standard InChI is InChI=1S/C24H34O2/c1-2-3-6-9-20-12-16-22(17-13-20)23-18-14-21(15-19-23)10-7-4-5-8-11-24(25)26/h4-5,8,11,14-15,18-20,22H,2-3,6-7,9-10,12-13,16-17H2,1H3,(H,25,26)/b5-4+,11-8+/t20-,22-. The first kappa shape index (κ1) is 20.5. The zero-order valence-electron chi connectivity index (χ0n) is 16.2. The fourth-order valence-electron chi connectivity index (χ4n) is 3.99. The summed E-state index contributed by atoms with van der Waals surface area (Å²) in [4.78, 5) is 10.4. The molecule has 1 N–H and O–H groups in total. The molecule has 2 nitrogen and oxygen atoms in total. The highest BCUT2D eigenvalue weighted by Crippen LogP contribution is 2.37. The Morgan fingerprint density at radius 3 is 2.46 bits per heavy atom. The normalized spacial score (nSPS) is 20.8. The van der Waals surface area contributed by atoms with Crippen LogP contribution in [0, 0.1) is 5.92 Å². The molecule has 0 bridgehead atoms. The monoisotopic (exact) mass is 354 g/mol. The smallest absolute Gasteiger partial charge is 0.328 e. The highest BCUT2D eigenvalue weighted by Gasteiger charge is 2.21. The van der Waals surface area contributed by atoms with Crippen molar-refractivity contribution in [2.45, 2.75) is 77.0 Å². The number of carboxylic acid groups (broad SMARTS) is 1. The van der Waals surface area contributed by atoms with E-state index >= 15 is 0 Å². The molecule has 0 saturated heterocycles. The number of carboxylic acids is 1. The minimum absolute atomic E-state index is 0.757. The number of allylic oxidation sites excluding steroid dienone is 3. The van der Waals surface area contributed by atoms with E-state index in [1.165, 1.54) is 62.5 Å². The van der Waals surface area contributed by atoms with Gasteiger partial charge in [-0.3, -0.25) is 0 Å². The summed E-state index contributed by atoms with van der Waals surface area (Å²) in [6.45, 7) is 2.29. The van der Waals surface area contributed by atoms with Gasteiger partial charge in [-0.1, -0.05) is 75.1 Å². The molecule has 1 fully saturated rings. The summed E-state index contributed by atoms with van der Waals surface area (Å²) < 4.78 is 0. The lowest BCUT2D eigenvalue weighted by Gasteiger charge is -2.29.